The fourth-order valence-corrected chi connectivity index (χ4v) is 1.15. The molecule has 2 amide bonds. The van der Waals surface area contributed by atoms with E-state index in [0.717, 1.165) is 0 Å². The van der Waals surface area contributed by atoms with Crippen molar-refractivity contribution in [2.75, 3.05) is 19.0 Å². The molecule has 0 aliphatic heterocycles. The van der Waals surface area contributed by atoms with E-state index in [4.69, 9.17) is 14.9 Å². The van der Waals surface area contributed by atoms with Crippen molar-refractivity contribution in [3.05, 3.63) is 24.3 Å². The van der Waals surface area contributed by atoms with Crippen LogP contribution in [0.4, 0.5) is 10.5 Å². The summed E-state index contributed by atoms with van der Waals surface area (Å²) in [5, 5.41) is 22.1. The van der Waals surface area contributed by atoms with Crippen LogP contribution in [0.3, 0.4) is 0 Å². The summed E-state index contributed by atoms with van der Waals surface area (Å²) in [6.07, 6.45) is -1.62. The lowest BCUT2D eigenvalue weighted by Gasteiger charge is -2.10. The number of ether oxygens (including phenoxy) is 1. The first-order valence-electron chi connectivity index (χ1n) is 5.12. The minimum atomic E-state index is -1.62. The predicted octanol–water partition coefficient (Wildman–Crippen LogP) is 0.262. The Bertz CT molecular complexity index is 435. The second-order valence-corrected chi connectivity index (χ2v) is 3.42. The van der Waals surface area contributed by atoms with Crippen molar-refractivity contribution < 1.29 is 24.5 Å². The Morgan fingerprint density at radius 3 is 2.78 bits per heavy atom. The molecule has 98 valence electrons. The highest BCUT2D eigenvalue weighted by molar-refractivity contribution is 5.89. The molecule has 7 heteroatoms. The molecular weight excluding hydrogens is 240 g/mol. The van der Waals surface area contributed by atoms with E-state index in [0.29, 0.717) is 11.4 Å². The van der Waals surface area contributed by atoms with E-state index >= 15 is 0 Å². The molecule has 0 heterocycles. The van der Waals surface area contributed by atoms with Gasteiger partial charge in [-0.3, -0.25) is 0 Å². The van der Waals surface area contributed by atoms with Gasteiger partial charge in [-0.2, -0.15) is 0 Å². The zero-order valence-electron chi connectivity index (χ0n) is 9.71. The lowest BCUT2D eigenvalue weighted by molar-refractivity contribution is -0.146. The lowest BCUT2D eigenvalue weighted by Crippen LogP contribution is -2.38. The summed E-state index contributed by atoms with van der Waals surface area (Å²) in [7, 11) is 1.50. The third kappa shape index (κ3) is 4.30. The van der Waals surface area contributed by atoms with E-state index in [-0.39, 0.29) is 6.54 Å². The molecule has 1 atom stereocenters. The van der Waals surface area contributed by atoms with Gasteiger partial charge in [0.1, 0.15) is 5.75 Å². The van der Waals surface area contributed by atoms with Gasteiger partial charge in [0.25, 0.3) is 0 Å². The number of aliphatic hydroxyl groups excluding tert-OH is 1. The van der Waals surface area contributed by atoms with Gasteiger partial charge in [0.05, 0.1) is 13.7 Å². The quantitative estimate of drug-likeness (QED) is 0.603. The van der Waals surface area contributed by atoms with Crippen LogP contribution < -0.4 is 15.4 Å². The molecule has 0 saturated carbocycles. The number of nitrogens with one attached hydrogen (secondary N) is 2. The predicted molar refractivity (Wildman–Crippen MR) is 63.7 cm³/mol. The van der Waals surface area contributed by atoms with Crippen LogP contribution in [0.25, 0.3) is 0 Å². The summed E-state index contributed by atoms with van der Waals surface area (Å²) in [4.78, 5) is 21.7. The molecular formula is C11H14N2O5. The normalized spacial score (nSPS) is 11.4. The number of aliphatic carboxylic acids is 1. The number of aliphatic hydroxyl groups is 1. The van der Waals surface area contributed by atoms with Gasteiger partial charge in [-0.15, -0.1) is 0 Å². The zero-order valence-corrected chi connectivity index (χ0v) is 9.71. The third-order valence-electron chi connectivity index (χ3n) is 2.07. The van der Waals surface area contributed by atoms with Crippen molar-refractivity contribution in [1.82, 2.24) is 5.32 Å². The number of benzene rings is 1. The largest absolute Gasteiger partial charge is 0.497 e. The van der Waals surface area contributed by atoms with Crippen molar-refractivity contribution in [2.45, 2.75) is 6.10 Å². The van der Waals surface area contributed by atoms with Crippen LogP contribution in [0.5, 0.6) is 5.75 Å². The maximum Gasteiger partial charge on any atom is 0.334 e. The molecule has 4 N–H and O–H groups in total. The molecule has 0 bridgehead atoms. The van der Waals surface area contributed by atoms with Gasteiger partial charge in [0.2, 0.25) is 0 Å². The van der Waals surface area contributed by atoms with Gasteiger partial charge >= 0.3 is 12.0 Å². The maximum absolute atomic E-state index is 11.4. The van der Waals surface area contributed by atoms with Crippen LogP contribution in [0, 0.1) is 0 Å². The number of hydrogen-bond donors (Lipinski definition) is 4. The number of carboxylic acids is 1. The van der Waals surface area contributed by atoms with E-state index < -0.39 is 18.1 Å². The first kappa shape index (κ1) is 13.8. The number of urea groups is 1. The Hall–Kier alpha value is -2.28. The van der Waals surface area contributed by atoms with E-state index in [1.165, 1.54) is 7.11 Å². The number of carbonyl (C=O) groups is 2. The number of carbonyl (C=O) groups excluding carboxylic acids is 1. The van der Waals surface area contributed by atoms with Crippen LogP contribution in [0.2, 0.25) is 0 Å². The maximum atomic E-state index is 11.4. The van der Waals surface area contributed by atoms with Gasteiger partial charge in [0, 0.05) is 11.8 Å². The van der Waals surface area contributed by atoms with Crippen molar-refractivity contribution in [1.29, 1.82) is 0 Å². The molecule has 0 spiro atoms. The molecule has 0 saturated heterocycles. The first-order chi connectivity index (χ1) is 8.52. The van der Waals surface area contributed by atoms with E-state index in [1.807, 2.05) is 0 Å². The number of carboxylic acid groups (broad SMARTS) is 1. The summed E-state index contributed by atoms with van der Waals surface area (Å²) in [5.41, 5.74) is 0.497. The van der Waals surface area contributed by atoms with Crippen LogP contribution in [-0.2, 0) is 4.79 Å². The summed E-state index contributed by atoms with van der Waals surface area (Å²) in [5.74, 6) is -0.810. The van der Waals surface area contributed by atoms with Gasteiger partial charge < -0.3 is 25.6 Å². The minimum Gasteiger partial charge on any atom is -0.497 e. The highest BCUT2D eigenvalue weighted by Gasteiger charge is 2.13. The third-order valence-corrected chi connectivity index (χ3v) is 2.07. The van der Waals surface area contributed by atoms with E-state index in [2.05, 4.69) is 10.6 Å². The average molecular weight is 254 g/mol. The molecule has 0 radical (unpaired) electrons. The van der Waals surface area contributed by atoms with Gasteiger partial charge in [-0.25, -0.2) is 9.59 Å². The number of hydrogen-bond acceptors (Lipinski definition) is 4. The Labute approximate surface area is 103 Å². The second kappa shape index (κ2) is 6.45. The molecule has 1 aromatic carbocycles. The van der Waals surface area contributed by atoms with Crippen LogP contribution in [-0.4, -0.2) is 42.0 Å². The molecule has 0 aliphatic carbocycles. The number of amides is 2. The number of anilines is 1. The topological polar surface area (TPSA) is 108 Å². The zero-order chi connectivity index (χ0) is 13.5. The van der Waals surface area contributed by atoms with Crippen molar-refractivity contribution in [2.24, 2.45) is 0 Å². The van der Waals surface area contributed by atoms with Crippen molar-refractivity contribution in [3.8, 4) is 5.75 Å². The van der Waals surface area contributed by atoms with Crippen LogP contribution >= 0.6 is 0 Å². The highest BCUT2D eigenvalue weighted by atomic mass is 16.5. The monoisotopic (exact) mass is 254 g/mol. The molecule has 1 aromatic rings. The SMILES string of the molecule is COc1cccc(NC(=O)NC[C@H](O)C(=O)O)c1. The van der Waals surface area contributed by atoms with E-state index in [9.17, 15) is 9.59 Å². The van der Waals surface area contributed by atoms with Crippen LogP contribution in [0.15, 0.2) is 24.3 Å². The fourth-order valence-electron chi connectivity index (χ4n) is 1.15. The fraction of sp³-hybridized carbons (Fsp3) is 0.273. The molecule has 0 fully saturated rings. The minimum absolute atomic E-state index is 0.370. The Morgan fingerprint density at radius 2 is 2.17 bits per heavy atom. The summed E-state index contributed by atoms with van der Waals surface area (Å²) < 4.78 is 4.98. The summed E-state index contributed by atoms with van der Waals surface area (Å²) in [6.45, 7) is -0.370. The van der Waals surface area contributed by atoms with E-state index in [1.54, 1.807) is 24.3 Å². The average Bonchev–Trinajstić information content (AvgIpc) is 2.36. The highest BCUT2D eigenvalue weighted by Crippen LogP contribution is 2.16. The van der Waals surface area contributed by atoms with Crippen molar-refractivity contribution >= 4 is 17.7 Å². The van der Waals surface area contributed by atoms with Crippen LogP contribution in [0.1, 0.15) is 0 Å². The first-order valence-corrected chi connectivity index (χ1v) is 5.12. The van der Waals surface area contributed by atoms with Crippen molar-refractivity contribution in [3.63, 3.8) is 0 Å². The molecule has 7 nitrogen and oxygen atoms in total. The smallest absolute Gasteiger partial charge is 0.334 e. The number of methoxy groups -OCH3 is 1. The van der Waals surface area contributed by atoms with Gasteiger partial charge in [0.15, 0.2) is 6.10 Å². The molecule has 1 rings (SSSR count). The molecule has 18 heavy (non-hydrogen) atoms. The Morgan fingerprint density at radius 1 is 1.44 bits per heavy atom. The second-order valence-electron chi connectivity index (χ2n) is 3.42. The Kier molecular flexibility index (Phi) is 4.94. The molecule has 0 aliphatic rings. The summed E-state index contributed by atoms with van der Waals surface area (Å²) in [6, 6.07) is 6.06. The molecule has 0 unspecified atom stereocenters. The Balaban J connectivity index is 2.46. The molecule has 0 aromatic heterocycles. The standard InChI is InChI=1S/C11H14N2O5/c1-18-8-4-2-3-7(5-8)13-11(17)12-6-9(14)10(15)16/h2-5,9,14H,6H2,1H3,(H,15,16)(H2,12,13,17)/t9-/m0/s1. The summed E-state index contributed by atoms with van der Waals surface area (Å²) >= 11 is 0. The lowest BCUT2D eigenvalue weighted by atomic mass is 10.3. The number of rotatable bonds is 5. The van der Waals surface area contributed by atoms with Gasteiger partial charge in [-0.05, 0) is 12.1 Å². The van der Waals surface area contributed by atoms with Gasteiger partial charge in [-0.1, -0.05) is 6.07 Å².